The second-order valence-electron chi connectivity index (χ2n) is 17.0. The first-order chi connectivity index (χ1) is 21.9. The number of methoxy groups -OCH3 is 1. The van der Waals surface area contributed by atoms with Crippen LogP contribution in [-0.4, -0.2) is 75.0 Å². The van der Waals surface area contributed by atoms with Crippen LogP contribution in [0, 0.1) is 0 Å². The fourth-order valence-corrected chi connectivity index (χ4v) is 7.74. The zero-order valence-corrected chi connectivity index (χ0v) is 33.2. The van der Waals surface area contributed by atoms with E-state index in [4.69, 9.17) is 27.8 Å². The molecule has 13 heteroatoms. The highest BCUT2D eigenvalue weighted by atomic mass is 28.4. The van der Waals surface area contributed by atoms with Crippen LogP contribution in [0.1, 0.15) is 74.1 Å². The summed E-state index contributed by atoms with van der Waals surface area (Å²) in [7, 11) is -3.40. The lowest BCUT2D eigenvalue weighted by Crippen LogP contribution is -2.55. The standard InChI is InChI=1S/C35H56N2O9Si2/c1-33(2,3)44-31(39)29-26(42-29)25-27(45-47(11,12)34(4,5)6)28(46-48(13,14)35(7,8)9)30(43-25)36-20-19-24(38)37(32(36)40)21-22-15-17-23(41-10)18-16-22/h15-20,25-30H,21H2,1-14H3/t25-,26+,27?,28?,29-,30-/m1/s1. The van der Waals surface area contributed by atoms with E-state index in [0.29, 0.717) is 5.75 Å². The van der Waals surface area contributed by atoms with Crippen LogP contribution in [0.15, 0.2) is 46.1 Å². The van der Waals surface area contributed by atoms with Crippen LogP contribution in [0.25, 0.3) is 0 Å². The highest BCUT2D eigenvalue weighted by Gasteiger charge is 2.63. The van der Waals surface area contributed by atoms with Gasteiger partial charge < -0.3 is 27.8 Å². The molecule has 2 aromatic rings. The molecule has 4 rings (SSSR count). The summed E-state index contributed by atoms with van der Waals surface area (Å²) in [6, 6.07) is 8.58. The van der Waals surface area contributed by atoms with Crippen LogP contribution in [0.2, 0.25) is 36.3 Å². The van der Waals surface area contributed by atoms with Crippen LogP contribution < -0.4 is 16.0 Å². The molecule has 0 saturated carbocycles. The van der Waals surface area contributed by atoms with Gasteiger partial charge in [0.15, 0.2) is 29.0 Å². The van der Waals surface area contributed by atoms with E-state index in [-0.39, 0.29) is 16.6 Å². The molecule has 268 valence electrons. The summed E-state index contributed by atoms with van der Waals surface area (Å²) in [5.74, 6) is 0.199. The van der Waals surface area contributed by atoms with Gasteiger partial charge in [0, 0.05) is 12.3 Å². The quantitative estimate of drug-likeness (QED) is 0.170. The van der Waals surface area contributed by atoms with Crippen molar-refractivity contribution >= 4 is 22.6 Å². The topological polar surface area (TPSA) is 120 Å². The van der Waals surface area contributed by atoms with Crippen molar-refractivity contribution in [3.8, 4) is 5.75 Å². The molecule has 0 aliphatic carbocycles. The Kier molecular flexibility index (Phi) is 10.6. The van der Waals surface area contributed by atoms with Gasteiger partial charge in [-0.2, -0.15) is 0 Å². The number of benzene rings is 1. The first-order valence-corrected chi connectivity index (χ1v) is 22.5. The van der Waals surface area contributed by atoms with Gasteiger partial charge in [-0.15, -0.1) is 0 Å². The molecule has 2 aliphatic heterocycles. The molecule has 0 radical (unpaired) electrons. The molecular weight excluding hydrogens is 649 g/mol. The van der Waals surface area contributed by atoms with E-state index >= 15 is 0 Å². The van der Waals surface area contributed by atoms with Gasteiger partial charge in [-0.1, -0.05) is 53.7 Å². The number of rotatable bonds is 10. The van der Waals surface area contributed by atoms with E-state index in [1.54, 1.807) is 19.2 Å². The number of hydrogen-bond acceptors (Lipinski definition) is 9. The lowest BCUT2D eigenvalue weighted by molar-refractivity contribution is -0.156. The van der Waals surface area contributed by atoms with E-state index < -0.39 is 76.2 Å². The SMILES string of the molecule is COc1ccc(Cn2c(=O)ccn([C@@H]3O[C@H]([C@@H]4O[C@H]4C(=O)OC(C)(C)C)C(O[Si](C)(C)C(C)(C)C)C3O[Si](C)(C)C(C)(C)C)c2=O)cc1. The molecule has 3 heterocycles. The third kappa shape index (κ3) is 8.24. The number of ether oxygens (including phenoxy) is 4. The summed E-state index contributed by atoms with van der Waals surface area (Å²) in [4.78, 5) is 40.5. The molecule has 1 aromatic heterocycles. The van der Waals surface area contributed by atoms with E-state index in [1.165, 1.54) is 21.4 Å². The Morgan fingerprint density at radius 2 is 1.33 bits per heavy atom. The van der Waals surface area contributed by atoms with Gasteiger partial charge in [0.25, 0.3) is 5.56 Å². The molecule has 48 heavy (non-hydrogen) atoms. The number of epoxide rings is 1. The van der Waals surface area contributed by atoms with E-state index in [9.17, 15) is 14.4 Å². The summed E-state index contributed by atoms with van der Waals surface area (Å²) in [6.07, 6.45) is -3.15. The highest BCUT2D eigenvalue weighted by molar-refractivity contribution is 6.74. The van der Waals surface area contributed by atoms with Crippen LogP contribution in [0.4, 0.5) is 0 Å². The number of esters is 1. The molecule has 11 nitrogen and oxygen atoms in total. The van der Waals surface area contributed by atoms with Gasteiger partial charge in [0.05, 0.1) is 13.7 Å². The Labute approximate surface area is 287 Å². The maximum atomic E-state index is 14.2. The van der Waals surface area contributed by atoms with E-state index in [1.807, 2.05) is 32.9 Å². The smallest absolute Gasteiger partial charge is 0.338 e. The summed E-state index contributed by atoms with van der Waals surface area (Å²) < 4.78 is 40.5. The lowest BCUT2D eigenvalue weighted by atomic mass is 10.1. The Bertz CT molecular complexity index is 1580. The fourth-order valence-electron chi connectivity index (χ4n) is 5.15. The molecule has 0 amide bonds. The molecular formula is C35H56N2O9Si2. The largest absolute Gasteiger partial charge is 0.497 e. The van der Waals surface area contributed by atoms with Crippen LogP contribution in [0.5, 0.6) is 5.75 Å². The summed E-state index contributed by atoms with van der Waals surface area (Å²) >= 11 is 0. The predicted molar refractivity (Wildman–Crippen MR) is 190 cm³/mol. The van der Waals surface area contributed by atoms with E-state index in [2.05, 4.69) is 67.7 Å². The predicted octanol–water partition coefficient (Wildman–Crippen LogP) is 5.85. The first kappa shape index (κ1) is 38.2. The summed E-state index contributed by atoms with van der Waals surface area (Å²) in [5, 5.41) is -0.334. The minimum Gasteiger partial charge on any atom is -0.497 e. The van der Waals surface area contributed by atoms with Crippen molar-refractivity contribution in [1.82, 2.24) is 9.13 Å². The zero-order valence-electron chi connectivity index (χ0n) is 31.2. The monoisotopic (exact) mass is 704 g/mol. The highest BCUT2D eigenvalue weighted by Crippen LogP contribution is 2.48. The molecule has 2 aliphatic rings. The number of carbonyl (C=O) groups is 1. The molecule has 2 unspecified atom stereocenters. The fraction of sp³-hybridized carbons (Fsp3) is 0.686. The van der Waals surface area contributed by atoms with Crippen molar-refractivity contribution in [2.75, 3.05) is 7.11 Å². The van der Waals surface area contributed by atoms with Gasteiger partial charge in [-0.05, 0) is 74.7 Å². The summed E-state index contributed by atoms with van der Waals surface area (Å²) in [6.45, 7) is 27.0. The average molecular weight is 705 g/mol. The molecule has 0 N–H and O–H groups in total. The first-order valence-electron chi connectivity index (χ1n) is 16.7. The Morgan fingerprint density at radius 1 is 0.792 bits per heavy atom. The molecule has 0 spiro atoms. The van der Waals surface area contributed by atoms with Crippen molar-refractivity contribution in [3.05, 3.63) is 62.9 Å². The van der Waals surface area contributed by atoms with Crippen molar-refractivity contribution in [2.45, 2.75) is 147 Å². The van der Waals surface area contributed by atoms with Gasteiger partial charge in [0.2, 0.25) is 0 Å². The second kappa shape index (κ2) is 13.3. The molecule has 2 fully saturated rings. The van der Waals surface area contributed by atoms with Crippen LogP contribution in [-0.2, 0) is 34.4 Å². The number of aromatic nitrogens is 2. The van der Waals surface area contributed by atoms with Gasteiger partial charge in [0.1, 0.15) is 35.8 Å². The van der Waals surface area contributed by atoms with Crippen LogP contribution >= 0.6 is 0 Å². The second-order valence-corrected chi connectivity index (χ2v) is 26.5. The minimum atomic E-state index is -2.51. The normalized spacial score (nSPS) is 25.2. The van der Waals surface area contributed by atoms with Gasteiger partial charge >= 0.3 is 11.7 Å². The summed E-state index contributed by atoms with van der Waals surface area (Å²) in [5.41, 5.74) is -0.909. The molecule has 0 bridgehead atoms. The molecule has 2 saturated heterocycles. The average Bonchev–Trinajstić information content (AvgIpc) is 3.67. The molecule has 1 aromatic carbocycles. The minimum absolute atomic E-state index is 0.0583. The van der Waals surface area contributed by atoms with Crippen molar-refractivity contribution < 1.29 is 32.6 Å². The van der Waals surface area contributed by atoms with Gasteiger partial charge in [-0.25, -0.2) is 9.59 Å². The maximum absolute atomic E-state index is 14.2. The van der Waals surface area contributed by atoms with Gasteiger partial charge in [-0.3, -0.25) is 13.9 Å². The van der Waals surface area contributed by atoms with Crippen molar-refractivity contribution in [3.63, 3.8) is 0 Å². The molecule has 6 atom stereocenters. The number of carbonyl (C=O) groups excluding carboxylic acids is 1. The van der Waals surface area contributed by atoms with E-state index in [0.717, 1.165) is 5.56 Å². The third-order valence-corrected chi connectivity index (χ3v) is 19.0. The number of hydrogen-bond donors (Lipinski definition) is 0. The maximum Gasteiger partial charge on any atom is 0.338 e. The van der Waals surface area contributed by atoms with Crippen molar-refractivity contribution in [1.29, 1.82) is 0 Å². The number of nitrogens with zero attached hydrogens (tertiary/aromatic N) is 2. The Morgan fingerprint density at radius 3 is 1.83 bits per heavy atom. The van der Waals surface area contributed by atoms with Crippen LogP contribution in [0.3, 0.4) is 0 Å². The zero-order chi connectivity index (χ0) is 36.2. The Balaban J connectivity index is 1.83. The van der Waals surface area contributed by atoms with Crippen molar-refractivity contribution in [2.24, 2.45) is 0 Å². The Hall–Kier alpha value is -2.56. The lowest BCUT2D eigenvalue weighted by Gasteiger charge is -2.44. The third-order valence-electron chi connectivity index (χ3n) is 10.1.